The van der Waals surface area contributed by atoms with E-state index >= 15 is 0 Å². The van der Waals surface area contributed by atoms with E-state index in [4.69, 9.17) is 11.5 Å². The molecular formula is C12H19N3O. The van der Waals surface area contributed by atoms with Crippen LogP contribution in [-0.2, 0) is 11.3 Å². The molecule has 1 atom stereocenters. The van der Waals surface area contributed by atoms with Gasteiger partial charge in [0.15, 0.2) is 0 Å². The van der Waals surface area contributed by atoms with Crippen LogP contribution >= 0.6 is 0 Å². The Morgan fingerprint density at radius 2 is 2.06 bits per heavy atom. The molecule has 0 aliphatic heterocycles. The van der Waals surface area contributed by atoms with E-state index in [9.17, 15) is 4.79 Å². The molecule has 4 heteroatoms. The van der Waals surface area contributed by atoms with E-state index in [0.29, 0.717) is 13.1 Å². The summed E-state index contributed by atoms with van der Waals surface area (Å²) < 4.78 is 0. The van der Waals surface area contributed by atoms with Gasteiger partial charge in [0, 0.05) is 25.8 Å². The van der Waals surface area contributed by atoms with Crippen molar-refractivity contribution >= 4 is 11.6 Å². The minimum Gasteiger partial charge on any atom is -0.374 e. The van der Waals surface area contributed by atoms with Gasteiger partial charge in [0.05, 0.1) is 5.92 Å². The molecule has 16 heavy (non-hydrogen) atoms. The normalized spacial score (nSPS) is 12.2. The third-order valence-corrected chi connectivity index (χ3v) is 2.66. The van der Waals surface area contributed by atoms with Crippen molar-refractivity contribution in [3.8, 4) is 0 Å². The van der Waals surface area contributed by atoms with Gasteiger partial charge in [0.2, 0.25) is 5.91 Å². The van der Waals surface area contributed by atoms with E-state index in [1.807, 2.05) is 43.1 Å². The third kappa shape index (κ3) is 2.97. The molecule has 1 unspecified atom stereocenters. The highest BCUT2D eigenvalue weighted by molar-refractivity contribution is 5.77. The van der Waals surface area contributed by atoms with Crippen LogP contribution in [0.1, 0.15) is 12.5 Å². The number of carbonyl (C=O) groups is 1. The number of amides is 1. The number of primary amides is 1. The predicted octanol–water partition coefficient (Wildman–Crippen LogP) is 0.703. The predicted molar refractivity (Wildman–Crippen MR) is 66.0 cm³/mol. The maximum absolute atomic E-state index is 11.0. The second-order valence-corrected chi connectivity index (χ2v) is 4.02. The Balaban J connectivity index is 2.79. The van der Waals surface area contributed by atoms with Crippen molar-refractivity contribution in [2.24, 2.45) is 17.4 Å². The van der Waals surface area contributed by atoms with E-state index in [1.54, 1.807) is 0 Å². The summed E-state index contributed by atoms with van der Waals surface area (Å²) in [5.74, 6) is -0.451. The molecule has 0 saturated heterocycles. The van der Waals surface area contributed by atoms with Gasteiger partial charge in [-0.15, -0.1) is 0 Å². The van der Waals surface area contributed by atoms with Crippen LogP contribution in [0.5, 0.6) is 0 Å². The summed E-state index contributed by atoms with van der Waals surface area (Å²) in [5, 5.41) is 0. The van der Waals surface area contributed by atoms with Crippen molar-refractivity contribution in [1.29, 1.82) is 0 Å². The van der Waals surface area contributed by atoms with Crippen molar-refractivity contribution < 1.29 is 4.79 Å². The molecule has 0 heterocycles. The van der Waals surface area contributed by atoms with E-state index in [-0.39, 0.29) is 11.8 Å². The number of nitrogens with two attached hydrogens (primary N) is 2. The van der Waals surface area contributed by atoms with Gasteiger partial charge in [-0.2, -0.15) is 0 Å². The van der Waals surface area contributed by atoms with E-state index in [1.165, 1.54) is 0 Å². The topological polar surface area (TPSA) is 72.3 Å². The Morgan fingerprint density at radius 3 is 2.62 bits per heavy atom. The molecule has 88 valence electrons. The fraction of sp³-hybridized carbons (Fsp3) is 0.417. The number of carbonyl (C=O) groups excluding carboxylic acids is 1. The minimum atomic E-state index is -0.280. The molecule has 0 bridgehead atoms. The summed E-state index contributed by atoms with van der Waals surface area (Å²) in [5.41, 5.74) is 13.0. The molecule has 0 fully saturated rings. The summed E-state index contributed by atoms with van der Waals surface area (Å²) in [6.07, 6.45) is 0. The summed E-state index contributed by atoms with van der Waals surface area (Å²) >= 11 is 0. The Morgan fingerprint density at radius 1 is 1.44 bits per heavy atom. The van der Waals surface area contributed by atoms with E-state index in [2.05, 4.69) is 0 Å². The molecule has 0 aliphatic carbocycles. The zero-order valence-electron chi connectivity index (χ0n) is 9.81. The van der Waals surface area contributed by atoms with Gasteiger partial charge < -0.3 is 16.4 Å². The van der Waals surface area contributed by atoms with Crippen LogP contribution in [0.2, 0.25) is 0 Å². The summed E-state index contributed by atoms with van der Waals surface area (Å²) in [6.45, 7) is 2.92. The Labute approximate surface area is 96.2 Å². The van der Waals surface area contributed by atoms with Crippen LogP contribution in [0.15, 0.2) is 24.3 Å². The molecule has 1 aromatic carbocycles. The van der Waals surface area contributed by atoms with Gasteiger partial charge in [-0.05, 0) is 11.6 Å². The lowest BCUT2D eigenvalue weighted by Crippen LogP contribution is -2.33. The molecular weight excluding hydrogens is 202 g/mol. The standard InChI is InChI=1S/C12H19N3O/c1-9(12(14)16)8-15(2)11-6-4-3-5-10(11)7-13/h3-6,9H,7-8,13H2,1-2H3,(H2,14,16). The SMILES string of the molecule is CC(CN(C)c1ccccc1CN)C(N)=O. The largest absolute Gasteiger partial charge is 0.374 e. The van der Waals surface area contributed by atoms with Crippen LogP contribution in [0, 0.1) is 5.92 Å². The fourth-order valence-corrected chi connectivity index (χ4v) is 1.65. The van der Waals surface area contributed by atoms with Gasteiger partial charge in [0.25, 0.3) is 0 Å². The lowest BCUT2D eigenvalue weighted by Gasteiger charge is -2.24. The van der Waals surface area contributed by atoms with E-state index in [0.717, 1.165) is 11.3 Å². The maximum atomic E-state index is 11.0. The second kappa shape index (κ2) is 5.51. The van der Waals surface area contributed by atoms with E-state index < -0.39 is 0 Å². The van der Waals surface area contributed by atoms with Crippen LogP contribution in [-0.4, -0.2) is 19.5 Å². The average Bonchev–Trinajstić information content (AvgIpc) is 2.28. The molecule has 4 nitrogen and oxygen atoms in total. The zero-order valence-corrected chi connectivity index (χ0v) is 9.81. The first-order valence-electron chi connectivity index (χ1n) is 5.34. The van der Waals surface area contributed by atoms with Gasteiger partial charge in [0.1, 0.15) is 0 Å². The van der Waals surface area contributed by atoms with Crippen LogP contribution in [0.25, 0.3) is 0 Å². The molecule has 4 N–H and O–H groups in total. The first-order chi connectivity index (χ1) is 7.56. The molecule has 0 saturated carbocycles. The fourth-order valence-electron chi connectivity index (χ4n) is 1.65. The summed E-state index contributed by atoms with van der Waals surface area (Å²) in [4.78, 5) is 13.0. The van der Waals surface area contributed by atoms with Crippen LogP contribution in [0.3, 0.4) is 0 Å². The lowest BCUT2D eigenvalue weighted by molar-refractivity contribution is -0.121. The van der Waals surface area contributed by atoms with Gasteiger partial charge >= 0.3 is 0 Å². The molecule has 1 amide bonds. The van der Waals surface area contributed by atoms with Crippen molar-refractivity contribution in [3.63, 3.8) is 0 Å². The Hall–Kier alpha value is -1.55. The smallest absolute Gasteiger partial charge is 0.222 e. The quantitative estimate of drug-likeness (QED) is 0.769. The Kier molecular flexibility index (Phi) is 4.31. The van der Waals surface area contributed by atoms with Crippen LogP contribution < -0.4 is 16.4 Å². The van der Waals surface area contributed by atoms with Gasteiger partial charge in [-0.25, -0.2) is 0 Å². The number of rotatable bonds is 5. The van der Waals surface area contributed by atoms with Crippen molar-refractivity contribution in [1.82, 2.24) is 0 Å². The first-order valence-corrected chi connectivity index (χ1v) is 5.34. The average molecular weight is 221 g/mol. The summed E-state index contributed by atoms with van der Waals surface area (Å²) in [6, 6.07) is 7.90. The molecule has 0 aliphatic rings. The monoisotopic (exact) mass is 221 g/mol. The Bertz CT molecular complexity index is 365. The zero-order chi connectivity index (χ0) is 12.1. The van der Waals surface area contributed by atoms with Crippen molar-refractivity contribution in [2.45, 2.75) is 13.5 Å². The molecule has 0 spiro atoms. The van der Waals surface area contributed by atoms with Crippen LogP contribution in [0.4, 0.5) is 5.69 Å². The number of benzene rings is 1. The summed E-state index contributed by atoms with van der Waals surface area (Å²) in [7, 11) is 1.94. The number of nitrogens with zero attached hydrogens (tertiary/aromatic N) is 1. The molecule has 1 aromatic rings. The highest BCUT2D eigenvalue weighted by atomic mass is 16.1. The maximum Gasteiger partial charge on any atom is 0.222 e. The number of para-hydroxylation sites is 1. The van der Waals surface area contributed by atoms with Crippen molar-refractivity contribution in [3.05, 3.63) is 29.8 Å². The molecule has 0 aromatic heterocycles. The van der Waals surface area contributed by atoms with Gasteiger partial charge in [-0.1, -0.05) is 25.1 Å². The number of hydrogen-bond donors (Lipinski definition) is 2. The lowest BCUT2D eigenvalue weighted by atomic mass is 10.1. The molecule has 0 radical (unpaired) electrons. The van der Waals surface area contributed by atoms with Crippen molar-refractivity contribution in [2.75, 3.05) is 18.5 Å². The third-order valence-electron chi connectivity index (χ3n) is 2.66. The number of hydrogen-bond acceptors (Lipinski definition) is 3. The second-order valence-electron chi connectivity index (χ2n) is 4.02. The highest BCUT2D eigenvalue weighted by Crippen LogP contribution is 2.19. The number of anilines is 1. The highest BCUT2D eigenvalue weighted by Gasteiger charge is 2.13. The molecule has 1 rings (SSSR count). The first kappa shape index (κ1) is 12.5. The van der Waals surface area contributed by atoms with Gasteiger partial charge in [-0.3, -0.25) is 4.79 Å². The minimum absolute atomic E-state index is 0.171.